The van der Waals surface area contributed by atoms with Crippen molar-refractivity contribution >= 4 is 23.2 Å². The van der Waals surface area contributed by atoms with Crippen LogP contribution in [0.3, 0.4) is 0 Å². The lowest BCUT2D eigenvalue weighted by Crippen LogP contribution is -1.79. The first kappa shape index (κ1) is 10.2. The van der Waals surface area contributed by atoms with Gasteiger partial charge in [-0.3, -0.25) is 5.10 Å². The Kier molecular flexibility index (Phi) is 2.41. The molecule has 1 aromatic heterocycles. The molecule has 0 saturated heterocycles. The Morgan fingerprint density at radius 1 is 1.19 bits per heavy atom. The van der Waals surface area contributed by atoms with Crippen LogP contribution in [-0.2, 0) is 0 Å². The maximum absolute atomic E-state index is 6.13. The lowest BCUT2D eigenvalue weighted by Gasteiger charge is -2.00. The number of benzene rings is 1. The molecule has 3 rings (SSSR count). The quantitative estimate of drug-likeness (QED) is 0.850. The number of aromatic amines is 1. The monoisotopic (exact) mass is 252 g/mol. The van der Waals surface area contributed by atoms with Gasteiger partial charge in [0.2, 0.25) is 0 Å². The Hall–Kier alpha value is -0.990. The summed E-state index contributed by atoms with van der Waals surface area (Å²) in [6.45, 7) is 0. The van der Waals surface area contributed by atoms with Crippen molar-refractivity contribution in [1.82, 2.24) is 10.2 Å². The van der Waals surface area contributed by atoms with E-state index in [9.17, 15) is 0 Å². The molecule has 1 fully saturated rings. The van der Waals surface area contributed by atoms with Gasteiger partial charge in [0.25, 0.3) is 0 Å². The Morgan fingerprint density at radius 2 is 2.00 bits per heavy atom. The predicted octanol–water partition coefficient (Wildman–Crippen LogP) is 4.26. The molecule has 1 aromatic carbocycles. The van der Waals surface area contributed by atoms with Gasteiger partial charge in [-0.1, -0.05) is 23.2 Å². The molecule has 2 nitrogen and oxygen atoms in total. The number of hydrogen-bond acceptors (Lipinski definition) is 1. The van der Waals surface area contributed by atoms with E-state index in [1.807, 2.05) is 12.1 Å². The van der Waals surface area contributed by atoms with Crippen molar-refractivity contribution in [2.75, 3.05) is 0 Å². The molecule has 0 unspecified atom stereocenters. The number of rotatable bonds is 2. The third-order valence-corrected chi connectivity index (χ3v) is 3.37. The van der Waals surface area contributed by atoms with E-state index in [0.29, 0.717) is 16.0 Å². The molecule has 16 heavy (non-hydrogen) atoms. The predicted molar refractivity (Wildman–Crippen MR) is 66.0 cm³/mol. The largest absolute Gasteiger partial charge is 0.282 e. The molecule has 0 spiro atoms. The number of halogens is 2. The van der Waals surface area contributed by atoms with Crippen molar-refractivity contribution in [3.63, 3.8) is 0 Å². The number of nitrogens with one attached hydrogen (secondary N) is 1. The molecule has 2 aromatic rings. The summed E-state index contributed by atoms with van der Waals surface area (Å²) in [6, 6.07) is 7.54. The second-order valence-corrected chi connectivity index (χ2v) is 4.95. The number of aromatic nitrogens is 2. The van der Waals surface area contributed by atoms with Gasteiger partial charge in [0.1, 0.15) is 0 Å². The second-order valence-electron chi connectivity index (χ2n) is 4.11. The highest BCUT2D eigenvalue weighted by molar-refractivity contribution is 6.36. The maximum Gasteiger partial charge on any atom is 0.0938 e. The fraction of sp³-hybridized carbons (Fsp3) is 0.250. The molecule has 0 aliphatic heterocycles. The number of nitrogens with zero attached hydrogens (tertiary/aromatic N) is 1. The summed E-state index contributed by atoms with van der Waals surface area (Å²) in [4.78, 5) is 0. The van der Waals surface area contributed by atoms with Gasteiger partial charge in [-0.2, -0.15) is 5.10 Å². The molecule has 0 radical (unpaired) electrons. The second kappa shape index (κ2) is 3.79. The van der Waals surface area contributed by atoms with E-state index >= 15 is 0 Å². The summed E-state index contributed by atoms with van der Waals surface area (Å²) < 4.78 is 0. The van der Waals surface area contributed by atoms with Crippen LogP contribution in [0.1, 0.15) is 24.5 Å². The van der Waals surface area contributed by atoms with E-state index in [0.717, 1.165) is 11.3 Å². The van der Waals surface area contributed by atoms with Crippen molar-refractivity contribution < 1.29 is 0 Å². The Balaban J connectivity index is 2.00. The van der Waals surface area contributed by atoms with E-state index in [1.54, 1.807) is 6.07 Å². The lowest BCUT2D eigenvalue weighted by atomic mass is 10.1. The summed E-state index contributed by atoms with van der Waals surface area (Å²) in [5, 5.41) is 8.64. The first-order valence-corrected chi connectivity index (χ1v) is 6.00. The van der Waals surface area contributed by atoms with Crippen LogP contribution in [0.5, 0.6) is 0 Å². The average molecular weight is 253 g/mol. The minimum Gasteiger partial charge on any atom is -0.282 e. The highest BCUT2D eigenvalue weighted by Crippen LogP contribution is 2.40. The zero-order chi connectivity index (χ0) is 11.1. The SMILES string of the molecule is Clc1ccc(-c2cc(C3CC3)[nH]n2)c(Cl)c1. The van der Waals surface area contributed by atoms with Gasteiger partial charge in [-0.05, 0) is 37.1 Å². The van der Waals surface area contributed by atoms with Crippen molar-refractivity contribution in [2.45, 2.75) is 18.8 Å². The van der Waals surface area contributed by atoms with Crippen LogP contribution in [-0.4, -0.2) is 10.2 Å². The van der Waals surface area contributed by atoms with Gasteiger partial charge in [0.15, 0.2) is 0 Å². The van der Waals surface area contributed by atoms with Gasteiger partial charge in [-0.15, -0.1) is 0 Å². The smallest absolute Gasteiger partial charge is 0.0938 e. The molecule has 0 amide bonds. The minimum absolute atomic E-state index is 0.640. The highest BCUT2D eigenvalue weighted by atomic mass is 35.5. The van der Waals surface area contributed by atoms with E-state index < -0.39 is 0 Å². The van der Waals surface area contributed by atoms with E-state index in [-0.39, 0.29) is 0 Å². The minimum atomic E-state index is 0.640. The third kappa shape index (κ3) is 1.83. The molecule has 1 heterocycles. The fourth-order valence-corrected chi connectivity index (χ4v) is 2.28. The van der Waals surface area contributed by atoms with Gasteiger partial charge in [0.05, 0.1) is 10.7 Å². The number of H-pyrrole nitrogens is 1. The van der Waals surface area contributed by atoms with Crippen LogP contribution in [0.15, 0.2) is 24.3 Å². The maximum atomic E-state index is 6.13. The third-order valence-electron chi connectivity index (χ3n) is 2.82. The van der Waals surface area contributed by atoms with Gasteiger partial charge < -0.3 is 0 Å². The van der Waals surface area contributed by atoms with E-state index in [2.05, 4.69) is 16.3 Å². The van der Waals surface area contributed by atoms with Crippen LogP contribution in [0.25, 0.3) is 11.3 Å². The molecule has 4 heteroatoms. The van der Waals surface area contributed by atoms with Crippen molar-refractivity contribution in [3.05, 3.63) is 40.0 Å². The standard InChI is InChI=1S/C12H10Cl2N2/c13-8-3-4-9(10(14)5-8)12-6-11(15-16-12)7-1-2-7/h3-7H,1-2H2,(H,15,16). The normalized spacial score (nSPS) is 15.4. The van der Waals surface area contributed by atoms with Gasteiger partial charge >= 0.3 is 0 Å². The fourth-order valence-electron chi connectivity index (χ4n) is 1.78. The summed E-state index contributed by atoms with van der Waals surface area (Å²) in [5.41, 5.74) is 3.03. The zero-order valence-electron chi connectivity index (χ0n) is 8.50. The molecule has 1 aliphatic carbocycles. The summed E-state index contributed by atoms with van der Waals surface area (Å²) in [7, 11) is 0. The zero-order valence-corrected chi connectivity index (χ0v) is 10.0. The van der Waals surface area contributed by atoms with Crippen molar-refractivity contribution in [3.8, 4) is 11.3 Å². The molecule has 1 saturated carbocycles. The average Bonchev–Trinajstić information content (AvgIpc) is 2.98. The first-order chi connectivity index (χ1) is 7.74. The Morgan fingerprint density at radius 3 is 2.69 bits per heavy atom. The van der Waals surface area contributed by atoms with Crippen molar-refractivity contribution in [1.29, 1.82) is 0 Å². The lowest BCUT2D eigenvalue weighted by molar-refractivity contribution is 0.967. The summed E-state index contributed by atoms with van der Waals surface area (Å²) in [6.07, 6.45) is 2.52. The van der Waals surface area contributed by atoms with E-state index in [4.69, 9.17) is 23.2 Å². The molecule has 0 atom stereocenters. The molecular weight excluding hydrogens is 243 g/mol. The van der Waals surface area contributed by atoms with Gasteiger partial charge in [0, 0.05) is 22.2 Å². The van der Waals surface area contributed by atoms with Crippen LogP contribution in [0, 0.1) is 0 Å². The van der Waals surface area contributed by atoms with Crippen LogP contribution >= 0.6 is 23.2 Å². The molecule has 1 aliphatic rings. The summed E-state index contributed by atoms with van der Waals surface area (Å²) in [5.74, 6) is 0.673. The molecule has 82 valence electrons. The Labute approximate surface area is 104 Å². The van der Waals surface area contributed by atoms with E-state index in [1.165, 1.54) is 18.5 Å². The first-order valence-electron chi connectivity index (χ1n) is 5.25. The van der Waals surface area contributed by atoms with Crippen LogP contribution in [0.4, 0.5) is 0 Å². The number of hydrogen-bond donors (Lipinski definition) is 1. The highest BCUT2D eigenvalue weighted by Gasteiger charge is 2.25. The summed E-state index contributed by atoms with van der Waals surface area (Å²) >= 11 is 12.0. The molecule has 1 N–H and O–H groups in total. The van der Waals surface area contributed by atoms with Crippen molar-refractivity contribution in [2.24, 2.45) is 0 Å². The topological polar surface area (TPSA) is 28.7 Å². The molecular formula is C12H10Cl2N2. The van der Waals surface area contributed by atoms with Gasteiger partial charge in [-0.25, -0.2) is 0 Å². The van der Waals surface area contributed by atoms with Crippen LogP contribution < -0.4 is 0 Å². The van der Waals surface area contributed by atoms with Crippen LogP contribution in [0.2, 0.25) is 10.0 Å². The molecule has 0 bridgehead atoms. The Bertz CT molecular complexity index is 530.